The molecule has 0 radical (unpaired) electrons. The van der Waals surface area contributed by atoms with Crippen molar-refractivity contribution in [2.75, 3.05) is 0 Å². The molecule has 1 amide bonds. The molecule has 0 aliphatic rings. The van der Waals surface area contributed by atoms with Crippen molar-refractivity contribution >= 4 is 5.91 Å². The number of carbonyl (C=O) groups is 1. The highest BCUT2D eigenvalue weighted by molar-refractivity contribution is 5.94. The summed E-state index contributed by atoms with van der Waals surface area (Å²) in [6.45, 7) is 3.76. The third-order valence-corrected chi connectivity index (χ3v) is 4.10. The zero-order valence-corrected chi connectivity index (χ0v) is 14.4. The molecule has 128 valence electrons. The fraction of sp³-hybridized carbons (Fsp3) is 0.211. The van der Waals surface area contributed by atoms with E-state index in [2.05, 4.69) is 15.4 Å². The lowest BCUT2D eigenvalue weighted by Gasteiger charge is -2.13. The average molecular weight is 336 g/mol. The van der Waals surface area contributed by atoms with Gasteiger partial charge in [-0.25, -0.2) is 0 Å². The summed E-state index contributed by atoms with van der Waals surface area (Å²) in [7, 11) is 1.83. The molecule has 0 saturated heterocycles. The van der Waals surface area contributed by atoms with Crippen LogP contribution in [0.15, 0.2) is 53.5 Å². The lowest BCUT2D eigenvalue weighted by molar-refractivity contribution is 0.0938. The molecule has 0 saturated carbocycles. The first kappa shape index (κ1) is 16.7. The zero-order valence-electron chi connectivity index (χ0n) is 14.4. The van der Waals surface area contributed by atoms with Crippen molar-refractivity contribution in [3.63, 3.8) is 0 Å². The van der Waals surface area contributed by atoms with Crippen molar-refractivity contribution in [3.05, 3.63) is 75.8 Å². The van der Waals surface area contributed by atoms with E-state index in [-0.39, 0.29) is 11.6 Å². The van der Waals surface area contributed by atoms with Crippen LogP contribution in [-0.2, 0) is 7.05 Å². The van der Waals surface area contributed by atoms with Crippen LogP contribution in [0.4, 0.5) is 0 Å². The number of benzene rings is 1. The Balaban J connectivity index is 1.81. The summed E-state index contributed by atoms with van der Waals surface area (Å²) < 4.78 is 1.70. The van der Waals surface area contributed by atoms with E-state index in [0.29, 0.717) is 5.69 Å². The number of pyridine rings is 1. The van der Waals surface area contributed by atoms with E-state index in [1.165, 1.54) is 0 Å². The summed E-state index contributed by atoms with van der Waals surface area (Å²) in [6.07, 6.45) is 1.86. The molecule has 0 spiro atoms. The van der Waals surface area contributed by atoms with Gasteiger partial charge in [0, 0.05) is 24.5 Å². The highest BCUT2D eigenvalue weighted by Crippen LogP contribution is 2.17. The molecule has 6 nitrogen and oxygen atoms in total. The molecule has 0 aliphatic carbocycles. The number of aromatic amines is 1. The lowest BCUT2D eigenvalue weighted by atomic mass is 10.1. The van der Waals surface area contributed by atoms with Gasteiger partial charge in [0.1, 0.15) is 5.56 Å². The number of carbonyl (C=O) groups excluding carboxylic acids is 1. The van der Waals surface area contributed by atoms with Crippen LogP contribution < -0.4 is 10.9 Å². The Morgan fingerprint density at radius 2 is 1.92 bits per heavy atom. The van der Waals surface area contributed by atoms with Crippen LogP contribution in [0.5, 0.6) is 0 Å². The minimum absolute atomic E-state index is 0.0908. The second-order valence-electron chi connectivity index (χ2n) is 6.02. The van der Waals surface area contributed by atoms with Gasteiger partial charge >= 0.3 is 0 Å². The average Bonchev–Trinajstić information content (AvgIpc) is 2.94. The molecule has 2 N–H and O–H groups in total. The third-order valence-electron chi connectivity index (χ3n) is 4.10. The predicted molar refractivity (Wildman–Crippen MR) is 96.3 cm³/mol. The highest BCUT2D eigenvalue weighted by atomic mass is 16.2. The van der Waals surface area contributed by atoms with Crippen LogP contribution in [0.1, 0.15) is 34.6 Å². The van der Waals surface area contributed by atoms with Gasteiger partial charge in [-0.2, -0.15) is 5.10 Å². The molecule has 2 aromatic heterocycles. The summed E-state index contributed by atoms with van der Waals surface area (Å²) in [4.78, 5) is 27.5. The Morgan fingerprint density at radius 3 is 2.52 bits per heavy atom. The Bertz CT molecular complexity index is 957. The first-order valence-corrected chi connectivity index (χ1v) is 8.05. The van der Waals surface area contributed by atoms with Crippen LogP contribution >= 0.6 is 0 Å². The highest BCUT2D eigenvalue weighted by Gasteiger charge is 2.17. The van der Waals surface area contributed by atoms with Crippen molar-refractivity contribution < 1.29 is 4.79 Å². The summed E-state index contributed by atoms with van der Waals surface area (Å²) >= 11 is 0. The number of H-pyrrole nitrogens is 1. The Hall–Kier alpha value is -3.15. The molecule has 0 fully saturated rings. The minimum atomic E-state index is -0.408. The fourth-order valence-corrected chi connectivity index (χ4v) is 2.83. The second kappa shape index (κ2) is 6.76. The van der Waals surface area contributed by atoms with Crippen molar-refractivity contribution in [2.45, 2.75) is 19.9 Å². The summed E-state index contributed by atoms with van der Waals surface area (Å²) in [5, 5.41) is 7.13. The molecule has 3 aromatic rings. The van der Waals surface area contributed by atoms with Crippen molar-refractivity contribution in [2.24, 2.45) is 7.05 Å². The molecule has 0 bridgehead atoms. The van der Waals surface area contributed by atoms with Gasteiger partial charge in [0.15, 0.2) is 0 Å². The monoisotopic (exact) mass is 336 g/mol. The Kier molecular flexibility index (Phi) is 4.52. The van der Waals surface area contributed by atoms with E-state index in [0.717, 1.165) is 16.8 Å². The fourth-order valence-electron chi connectivity index (χ4n) is 2.83. The van der Waals surface area contributed by atoms with Crippen LogP contribution in [0.25, 0.3) is 11.3 Å². The van der Waals surface area contributed by atoms with Gasteiger partial charge in [0.05, 0.1) is 11.7 Å². The van der Waals surface area contributed by atoms with Gasteiger partial charge in [-0.05, 0) is 31.5 Å². The van der Waals surface area contributed by atoms with Crippen LogP contribution in [0.2, 0.25) is 0 Å². The Labute approximate surface area is 145 Å². The van der Waals surface area contributed by atoms with Crippen molar-refractivity contribution in [3.8, 4) is 11.3 Å². The van der Waals surface area contributed by atoms with E-state index in [9.17, 15) is 9.59 Å². The third kappa shape index (κ3) is 3.52. The normalized spacial score (nSPS) is 12.0. The Morgan fingerprint density at radius 1 is 1.20 bits per heavy atom. The maximum atomic E-state index is 12.5. The topological polar surface area (TPSA) is 79.8 Å². The number of hydrogen-bond acceptors (Lipinski definition) is 3. The summed E-state index contributed by atoms with van der Waals surface area (Å²) in [6, 6.07) is 12.6. The largest absolute Gasteiger partial charge is 0.345 e. The van der Waals surface area contributed by atoms with Gasteiger partial charge in [-0.15, -0.1) is 0 Å². The minimum Gasteiger partial charge on any atom is -0.345 e. The first-order chi connectivity index (χ1) is 12.0. The summed E-state index contributed by atoms with van der Waals surface area (Å²) in [5.74, 6) is -0.406. The smallest absolute Gasteiger partial charge is 0.261 e. The molecule has 6 heteroatoms. The van der Waals surface area contributed by atoms with E-state index in [4.69, 9.17) is 0 Å². The number of aromatic nitrogens is 3. The zero-order chi connectivity index (χ0) is 18.0. The lowest BCUT2D eigenvalue weighted by Crippen LogP contribution is -2.31. The first-order valence-electron chi connectivity index (χ1n) is 8.05. The number of rotatable bonds is 4. The van der Waals surface area contributed by atoms with Gasteiger partial charge < -0.3 is 10.3 Å². The predicted octanol–water partition coefficient (Wildman–Crippen LogP) is 2.57. The molecule has 1 atom stereocenters. The number of nitrogens with zero attached hydrogens (tertiary/aromatic N) is 2. The molecular formula is C19H20N4O2. The molecule has 1 aromatic carbocycles. The van der Waals surface area contributed by atoms with Gasteiger partial charge in [-0.3, -0.25) is 14.3 Å². The molecule has 0 unspecified atom stereocenters. The summed E-state index contributed by atoms with van der Waals surface area (Å²) in [5.41, 5.74) is 3.03. The molecule has 2 heterocycles. The van der Waals surface area contributed by atoms with Crippen molar-refractivity contribution in [1.82, 2.24) is 20.1 Å². The number of aryl methyl sites for hydroxylation is 2. The standard InChI is InChI=1S/C19H20N4O2/c1-12(16-11-23(3)22-13(16)2)20-18(24)15-9-10-17(21-19(15)25)14-7-5-4-6-8-14/h4-12H,1-3H3,(H,20,24)(H,21,25)/t12-/m1/s1. The maximum Gasteiger partial charge on any atom is 0.261 e. The van der Waals surface area contributed by atoms with E-state index in [1.807, 2.05) is 57.4 Å². The van der Waals surface area contributed by atoms with Crippen LogP contribution in [0.3, 0.4) is 0 Å². The van der Waals surface area contributed by atoms with Crippen molar-refractivity contribution in [1.29, 1.82) is 0 Å². The quantitative estimate of drug-likeness (QED) is 0.768. The molecule has 25 heavy (non-hydrogen) atoms. The molecule has 0 aliphatic heterocycles. The van der Waals surface area contributed by atoms with Crippen LogP contribution in [-0.4, -0.2) is 20.7 Å². The van der Waals surface area contributed by atoms with E-state index in [1.54, 1.807) is 16.8 Å². The number of amides is 1. The van der Waals surface area contributed by atoms with Gasteiger partial charge in [0.2, 0.25) is 0 Å². The van der Waals surface area contributed by atoms with E-state index < -0.39 is 11.5 Å². The second-order valence-corrected chi connectivity index (χ2v) is 6.02. The van der Waals surface area contributed by atoms with Crippen LogP contribution in [0, 0.1) is 6.92 Å². The number of hydrogen-bond donors (Lipinski definition) is 2. The van der Waals surface area contributed by atoms with E-state index >= 15 is 0 Å². The number of nitrogens with one attached hydrogen (secondary N) is 2. The SMILES string of the molecule is Cc1nn(C)cc1[C@@H](C)NC(=O)c1ccc(-c2ccccc2)[nH]c1=O. The molecule has 3 rings (SSSR count). The van der Waals surface area contributed by atoms with Gasteiger partial charge in [-0.1, -0.05) is 30.3 Å². The van der Waals surface area contributed by atoms with Gasteiger partial charge in [0.25, 0.3) is 11.5 Å². The maximum absolute atomic E-state index is 12.5. The molecular weight excluding hydrogens is 316 g/mol.